The average molecular weight is 418 g/mol. The Morgan fingerprint density at radius 2 is 2.19 bits per heavy atom. The highest BCUT2D eigenvalue weighted by Crippen LogP contribution is 2.17. The lowest BCUT2D eigenvalue weighted by atomic mass is 9.99. The van der Waals surface area contributed by atoms with Gasteiger partial charge in [-0.25, -0.2) is 4.98 Å². The molecule has 27 heavy (non-hydrogen) atoms. The molecule has 1 aromatic heterocycles. The number of β-lactam (4-membered cyclic amide) rings is 1. The molecule has 2 unspecified atom stereocenters. The van der Waals surface area contributed by atoms with Gasteiger partial charge >= 0.3 is 5.97 Å². The summed E-state index contributed by atoms with van der Waals surface area (Å²) < 4.78 is 4.83. The first-order chi connectivity index (χ1) is 12.8. The average Bonchev–Trinajstić information content (AvgIpc) is 3.08. The van der Waals surface area contributed by atoms with Gasteiger partial charge in [-0.15, -0.1) is 22.9 Å². The highest BCUT2D eigenvalue weighted by Gasteiger charge is 2.42. The van der Waals surface area contributed by atoms with Gasteiger partial charge in [0.1, 0.15) is 31.3 Å². The Morgan fingerprint density at radius 1 is 1.44 bits per heavy atom. The van der Waals surface area contributed by atoms with Crippen LogP contribution in [0.3, 0.4) is 0 Å². The van der Waals surface area contributed by atoms with Crippen molar-refractivity contribution in [2.24, 2.45) is 5.16 Å². The van der Waals surface area contributed by atoms with Gasteiger partial charge < -0.3 is 25.5 Å². The van der Waals surface area contributed by atoms with Crippen LogP contribution in [-0.4, -0.2) is 66.1 Å². The Hall–Kier alpha value is -2.73. The zero-order valence-electron chi connectivity index (χ0n) is 14.3. The third kappa shape index (κ3) is 5.37. The molecule has 2 atom stereocenters. The molecule has 11 nitrogen and oxygen atoms in total. The maximum absolute atomic E-state index is 12.5. The van der Waals surface area contributed by atoms with Crippen molar-refractivity contribution in [1.82, 2.24) is 15.6 Å². The molecular weight excluding hydrogens is 402 g/mol. The maximum atomic E-state index is 12.5. The minimum atomic E-state index is -0.895. The van der Waals surface area contributed by atoms with Crippen LogP contribution in [-0.2, 0) is 28.8 Å². The third-order valence-electron chi connectivity index (χ3n) is 3.28. The van der Waals surface area contributed by atoms with Crippen molar-refractivity contribution < 1.29 is 28.8 Å². The van der Waals surface area contributed by atoms with E-state index in [1.807, 2.05) is 0 Å². The highest BCUT2D eigenvalue weighted by atomic mass is 35.5. The first-order valence-corrected chi connectivity index (χ1v) is 8.94. The number of hydrogen-bond donors (Lipinski definition) is 3. The van der Waals surface area contributed by atoms with E-state index in [1.54, 1.807) is 0 Å². The van der Waals surface area contributed by atoms with Crippen LogP contribution in [0.25, 0.3) is 0 Å². The summed E-state index contributed by atoms with van der Waals surface area (Å²) in [5, 5.41) is 12.8. The van der Waals surface area contributed by atoms with E-state index in [1.165, 1.54) is 19.4 Å². The summed E-state index contributed by atoms with van der Waals surface area (Å²) in [4.78, 5) is 55.1. The minimum absolute atomic E-state index is 0.0753. The second-order valence-corrected chi connectivity index (χ2v) is 6.34. The van der Waals surface area contributed by atoms with Crippen LogP contribution in [0.15, 0.2) is 10.5 Å². The summed E-state index contributed by atoms with van der Waals surface area (Å²) in [5.74, 6) is -2.34. The lowest BCUT2D eigenvalue weighted by molar-refractivity contribution is -0.147. The molecule has 2 rings (SSSR count). The van der Waals surface area contributed by atoms with Gasteiger partial charge in [-0.3, -0.25) is 19.2 Å². The van der Waals surface area contributed by atoms with Crippen molar-refractivity contribution in [2.45, 2.75) is 19.0 Å². The molecule has 0 aliphatic carbocycles. The highest BCUT2D eigenvalue weighted by molar-refractivity contribution is 7.14. The number of esters is 1. The molecule has 1 saturated heterocycles. The van der Waals surface area contributed by atoms with E-state index in [-0.39, 0.29) is 29.0 Å². The number of halogens is 1. The smallest absolute Gasteiger partial charge is 0.302 e. The van der Waals surface area contributed by atoms with Gasteiger partial charge in [0.25, 0.3) is 5.91 Å². The van der Waals surface area contributed by atoms with Gasteiger partial charge in [0.2, 0.25) is 11.8 Å². The van der Waals surface area contributed by atoms with E-state index in [0.717, 1.165) is 11.3 Å². The number of amides is 3. The van der Waals surface area contributed by atoms with Crippen molar-refractivity contribution in [2.75, 3.05) is 24.9 Å². The Kier molecular flexibility index (Phi) is 7.07. The molecule has 2 heterocycles. The summed E-state index contributed by atoms with van der Waals surface area (Å²) in [6.45, 7) is 1.16. The summed E-state index contributed by atoms with van der Waals surface area (Å²) in [5.41, 5.74) is -0.0495. The standard InChI is InChI=1S/C14H16ClN5O6S/c1-6(21)26-4-7-10(12(23)16-7)19-13(24)11(20-25-2)8-5-27-14(17-8)18-9(22)3-15/h5,7,10H,3-4H2,1-2H3,(H,16,23)(H,19,24)(H,17,18,22)/b20-11-. The molecule has 1 aliphatic heterocycles. The lowest BCUT2D eigenvalue weighted by Crippen LogP contribution is -2.71. The Morgan fingerprint density at radius 3 is 2.78 bits per heavy atom. The van der Waals surface area contributed by atoms with E-state index in [9.17, 15) is 19.2 Å². The second kappa shape index (κ2) is 9.28. The molecule has 0 bridgehead atoms. The van der Waals surface area contributed by atoms with E-state index in [2.05, 4.69) is 30.9 Å². The predicted octanol–water partition coefficient (Wildman–Crippen LogP) is -0.783. The van der Waals surface area contributed by atoms with Crippen LogP contribution in [0.4, 0.5) is 5.13 Å². The number of oxime groups is 1. The predicted molar refractivity (Wildman–Crippen MR) is 95.5 cm³/mol. The lowest BCUT2D eigenvalue weighted by Gasteiger charge is -2.36. The van der Waals surface area contributed by atoms with Crippen LogP contribution in [0, 0.1) is 0 Å². The number of carbonyl (C=O) groups is 4. The van der Waals surface area contributed by atoms with Crippen LogP contribution in [0.5, 0.6) is 0 Å². The zero-order chi connectivity index (χ0) is 20.0. The van der Waals surface area contributed by atoms with Crippen molar-refractivity contribution in [3.63, 3.8) is 0 Å². The molecule has 0 spiro atoms. The fourth-order valence-corrected chi connectivity index (χ4v) is 2.83. The maximum Gasteiger partial charge on any atom is 0.302 e. The molecular formula is C14H16ClN5O6S. The second-order valence-electron chi connectivity index (χ2n) is 5.21. The normalized spacial score (nSPS) is 18.8. The minimum Gasteiger partial charge on any atom is -0.464 e. The molecule has 3 amide bonds. The van der Waals surface area contributed by atoms with Crippen LogP contribution in [0.2, 0.25) is 0 Å². The number of alkyl halides is 1. The first-order valence-electron chi connectivity index (χ1n) is 7.53. The SMILES string of the molecule is CO/N=C(\C(=O)NC1C(=O)NC1COC(C)=O)c1csc(NC(=O)CCl)n1. The molecule has 1 aliphatic rings. The summed E-state index contributed by atoms with van der Waals surface area (Å²) >= 11 is 6.47. The molecule has 1 aromatic rings. The third-order valence-corrected chi connectivity index (χ3v) is 4.28. The Balaban J connectivity index is 2.07. The zero-order valence-corrected chi connectivity index (χ0v) is 15.8. The first kappa shape index (κ1) is 20.6. The molecule has 0 aromatic carbocycles. The molecule has 13 heteroatoms. The molecule has 1 fully saturated rings. The molecule has 0 saturated carbocycles. The molecule has 146 valence electrons. The monoisotopic (exact) mass is 417 g/mol. The Bertz CT molecular complexity index is 782. The molecule has 0 radical (unpaired) electrons. The van der Waals surface area contributed by atoms with Crippen LogP contribution in [0.1, 0.15) is 12.6 Å². The summed E-state index contributed by atoms with van der Waals surface area (Å²) in [6.07, 6.45) is 0. The summed E-state index contributed by atoms with van der Waals surface area (Å²) in [6, 6.07) is -1.45. The van der Waals surface area contributed by atoms with E-state index in [4.69, 9.17) is 16.3 Å². The van der Waals surface area contributed by atoms with E-state index < -0.39 is 35.8 Å². The Labute approximate surface area is 162 Å². The fourth-order valence-electron chi connectivity index (χ4n) is 2.05. The van der Waals surface area contributed by atoms with Crippen molar-refractivity contribution >= 4 is 57.5 Å². The number of thiazole rings is 1. The topological polar surface area (TPSA) is 148 Å². The van der Waals surface area contributed by atoms with Crippen molar-refractivity contribution in [3.05, 3.63) is 11.1 Å². The molecule has 3 N–H and O–H groups in total. The number of ether oxygens (including phenoxy) is 1. The van der Waals surface area contributed by atoms with Gasteiger partial charge in [-0.05, 0) is 0 Å². The van der Waals surface area contributed by atoms with Crippen molar-refractivity contribution in [1.29, 1.82) is 0 Å². The van der Waals surface area contributed by atoms with Crippen LogP contribution < -0.4 is 16.0 Å². The number of nitrogens with zero attached hydrogens (tertiary/aromatic N) is 2. The summed E-state index contributed by atoms with van der Waals surface area (Å²) in [7, 11) is 1.25. The van der Waals surface area contributed by atoms with Crippen molar-refractivity contribution in [3.8, 4) is 0 Å². The van der Waals surface area contributed by atoms with Gasteiger partial charge in [-0.2, -0.15) is 0 Å². The van der Waals surface area contributed by atoms with Gasteiger partial charge in [0.05, 0.1) is 6.04 Å². The number of nitrogens with one attached hydrogen (secondary N) is 3. The van der Waals surface area contributed by atoms with Gasteiger partial charge in [0, 0.05) is 12.3 Å². The largest absolute Gasteiger partial charge is 0.464 e. The quantitative estimate of drug-likeness (QED) is 0.165. The fraction of sp³-hybridized carbons (Fsp3) is 0.429. The number of anilines is 1. The number of aromatic nitrogens is 1. The number of rotatable bonds is 8. The van der Waals surface area contributed by atoms with E-state index in [0.29, 0.717) is 0 Å². The van der Waals surface area contributed by atoms with Crippen LogP contribution >= 0.6 is 22.9 Å². The van der Waals surface area contributed by atoms with E-state index >= 15 is 0 Å². The van der Waals surface area contributed by atoms with Gasteiger partial charge in [0.15, 0.2) is 10.8 Å². The number of carbonyl (C=O) groups excluding carboxylic acids is 4. The number of hydrogen-bond acceptors (Lipinski definition) is 9. The van der Waals surface area contributed by atoms with Gasteiger partial charge in [-0.1, -0.05) is 5.16 Å².